The number of ether oxygens (including phenoxy) is 1. The van der Waals surface area contributed by atoms with Crippen molar-refractivity contribution in [3.05, 3.63) is 11.7 Å². The van der Waals surface area contributed by atoms with Crippen LogP contribution in [0.4, 0.5) is 0 Å². The Morgan fingerprint density at radius 2 is 2.21 bits per heavy atom. The maximum Gasteiger partial charge on any atom is 0.243 e. The number of rotatable bonds is 4. The van der Waals surface area contributed by atoms with E-state index < -0.39 is 5.60 Å². The lowest BCUT2D eigenvalue weighted by molar-refractivity contribution is -0.0658. The van der Waals surface area contributed by atoms with Gasteiger partial charge in [-0.15, -0.1) is 0 Å². The molecule has 0 amide bonds. The number of hydrogen-bond acceptors (Lipinski definition) is 5. The first-order chi connectivity index (χ1) is 8.98. The van der Waals surface area contributed by atoms with Gasteiger partial charge in [0.15, 0.2) is 0 Å². The fourth-order valence-corrected chi connectivity index (χ4v) is 2.82. The third-order valence-corrected chi connectivity index (χ3v) is 4.20. The summed E-state index contributed by atoms with van der Waals surface area (Å²) in [5, 5.41) is 4.13. The van der Waals surface area contributed by atoms with Crippen LogP contribution >= 0.6 is 0 Å². The summed E-state index contributed by atoms with van der Waals surface area (Å²) in [7, 11) is 1.73. The average Bonchev–Trinajstić information content (AvgIpc) is 2.87. The average molecular weight is 267 g/mol. The topological polar surface area (TPSA) is 74.2 Å². The molecule has 0 bridgehead atoms. The smallest absolute Gasteiger partial charge is 0.243 e. The van der Waals surface area contributed by atoms with E-state index in [2.05, 4.69) is 17.1 Å². The Kier molecular flexibility index (Phi) is 4.26. The minimum Gasteiger partial charge on any atom is -0.370 e. The first-order valence-corrected chi connectivity index (χ1v) is 7.13. The van der Waals surface area contributed by atoms with E-state index in [4.69, 9.17) is 15.0 Å². The van der Waals surface area contributed by atoms with E-state index in [9.17, 15) is 0 Å². The van der Waals surface area contributed by atoms with E-state index in [-0.39, 0.29) is 12.0 Å². The van der Waals surface area contributed by atoms with Crippen molar-refractivity contribution in [2.24, 2.45) is 17.6 Å². The molecule has 1 aromatic rings. The molecule has 1 aliphatic carbocycles. The first-order valence-electron chi connectivity index (χ1n) is 7.13. The summed E-state index contributed by atoms with van der Waals surface area (Å²) in [4.78, 5) is 4.50. The van der Waals surface area contributed by atoms with Gasteiger partial charge in [0.2, 0.25) is 11.7 Å². The van der Waals surface area contributed by atoms with Gasteiger partial charge >= 0.3 is 0 Å². The Hall–Kier alpha value is -0.940. The second kappa shape index (κ2) is 5.59. The SMILES string of the molecule is COC1(c2noc([C@@H](N)C(C)C)n2)CCCC(C)C1. The molecule has 2 rings (SSSR count). The van der Waals surface area contributed by atoms with Crippen molar-refractivity contribution in [2.45, 2.75) is 58.1 Å². The summed E-state index contributed by atoms with van der Waals surface area (Å²) in [6.07, 6.45) is 4.26. The zero-order valence-corrected chi connectivity index (χ0v) is 12.3. The zero-order valence-electron chi connectivity index (χ0n) is 12.3. The molecule has 0 spiro atoms. The van der Waals surface area contributed by atoms with Crippen molar-refractivity contribution in [3.63, 3.8) is 0 Å². The monoisotopic (exact) mass is 267 g/mol. The lowest BCUT2D eigenvalue weighted by Gasteiger charge is -2.36. The summed E-state index contributed by atoms with van der Waals surface area (Å²) >= 11 is 0. The predicted octanol–water partition coefficient (Wildman–Crippen LogP) is 2.78. The molecule has 0 aromatic carbocycles. The molecular weight excluding hydrogens is 242 g/mol. The summed E-state index contributed by atoms with van der Waals surface area (Å²) in [6.45, 7) is 6.33. The summed E-state index contributed by atoms with van der Waals surface area (Å²) in [6, 6.07) is -0.212. The minimum atomic E-state index is -0.393. The quantitative estimate of drug-likeness (QED) is 0.908. The number of nitrogens with zero attached hydrogens (tertiary/aromatic N) is 2. The molecule has 0 saturated heterocycles. The minimum absolute atomic E-state index is 0.212. The van der Waals surface area contributed by atoms with Crippen molar-refractivity contribution in [3.8, 4) is 0 Å². The lowest BCUT2D eigenvalue weighted by Crippen LogP contribution is -2.35. The zero-order chi connectivity index (χ0) is 14.0. The van der Waals surface area contributed by atoms with Crippen molar-refractivity contribution < 1.29 is 9.26 Å². The molecule has 108 valence electrons. The molecule has 1 heterocycles. The molecule has 1 saturated carbocycles. The van der Waals surface area contributed by atoms with Crippen LogP contribution in [-0.4, -0.2) is 17.3 Å². The van der Waals surface area contributed by atoms with Gasteiger partial charge in [-0.3, -0.25) is 0 Å². The van der Waals surface area contributed by atoms with Crippen molar-refractivity contribution in [1.29, 1.82) is 0 Å². The Balaban J connectivity index is 2.24. The largest absolute Gasteiger partial charge is 0.370 e. The highest BCUT2D eigenvalue weighted by atomic mass is 16.5. The molecule has 1 aromatic heterocycles. The molecule has 1 aliphatic rings. The highest BCUT2D eigenvalue weighted by Crippen LogP contribution is 2.41. The van der Waals surface area contributed by atoms with Crippen LogP contribution in [0.1, 0.15) is 64.2 Å². The third kappa shape index (κ3) is 2.82. The molecule has 5 nitrogen and oxygen atoms in total. The maximum atomic E-state index is 6.06. The fourth-order valence-electron chi connectivity index (χ4n) is 2.82. The second-order valence-electron chi connectivity index (χ2n) is 6.13. The van der Waals surface area contributed by atoms with Crippen LogP contribution in [-0.2, 0) is 10.3 Å². The fraction of sp³-hybridized carbons (Fsp3) is 0.857. The van der Waals surface area contributed by atoms with Crippen LogP contribution in [0.15, 0.2) is 4.52 Å². The lowest BCUT2D eigenvalue weighted by atomic mass is 9.78. The Bertz CT molecular complexity index is 419. The number of aromatic nitrogens is 2. The van der Waals surface area contributed by atoms with E-state index in [1.165, 1.54) is 6.42 Å². The first kappa shape index (κ1) is 14.5. The highest BCUT2D eigenvalue weighted by molar-refractivity contribution is 5.05. The molecule has 1 fully saturated rings. The molecule has 5 heteroatoms. The third-order valence-electron chi connectivity index (χ3n) is 4.20. The summed E-state index contributed by atoms with van der Waals surface area (Å²) in [5.41, 5.74) is 5.66. The van der Waals surface area contributed by atoms with Crippen LogP contribution in [0, 0.1) is 11.8 Å². The van der Waals surface area contributed by atoms with E-state index in [1.807, 2.05) is 13.8 Å². The molecule has 0 radical (unpaired) electrons. The Morgan fingerprint density at radius 3 is 2.79 bits per heavy atom. The van der Waals surface area contributed by atoms with E-state index in [1.54, 1.807) is 7.11 Å². The van der Waals surface area contributed by atoms with Gasteiger partial charge in [0, 0.05) is 7.11 Å². The second-order valence-corrected chi connectivity index (χ2v) is 6.13. The van der Waals surface area contributed by atoms with Gasteiger partial charge in [-0.25, -0.2) is 0 Å². The van der Waals surface area contributed by atoms with Crippen molar-refractivity contribution in [1.82, 2.24) is 10.1 Å². The van der Waals surface area contributed by atoms with Gasteiger partial charge < -0.3 is 15.0 Å². The molecular formula is C14H25N3O2. The Morgan fingerprint density at radius 1 is 1.47 bits per heavy atom. The van der Waals surface area contributed by atoms with Crippen LogP contribution < -0.4 is 5.73 Å². The van der Waals surface area contributed by atoms with Crippen LogP contribution in [0.3, 0.4) is 0 Å². The number of nitrogens with two attached hydrogens (primary N) is 1. The van der Waals surface area contributed by atoms with Crippen LogP contribution in [0.25, 0.3) is 0 Å². The van der Waals surface area contributed by atoms with Gasteiger partial charge in [0.25, 0.3) is 0 Å². The van der Waals surface area contributed by atoms with E-state index in [0.717, 1.165) is 19.3 Å². The van der Waals surface area contributed by atoms with Crippen molar-refractivity contribution in [2.75, 3.05) is 7.11 Å². The Labute approximate surface area is 114 Å². The van der Waals surface area contributed by atoms with Gasteiger partial charge in [-0.2, -0.15) is 4.98 Å². The van der Waals surface area contributed by atoms with Gasteiger partial charge in [0.05, 0.1) is 6.04 Å². The van der Waals surface area contributed by atoms with Gasteiger partial charge in [-0.1, -0.05) is 32.3 Å². The molecule has 19 heavy (non-hydrogen) atoms. The van der Waals surface area contributed by atoms with Crippen LogP contribution in [0.2, 0.25) is 0 Å². The highest BCUT2D eigenvalue weighted by Gasteiger charge is 2.41. The summed E-state index contributed by atoms with van der Waals surface area (Å²) < 4.78 is 11.1. The summed E-state index contributed by atoms with van der Waals surface area (Å²) in [5.74, 6) is 2.07. The van der Waals surface area contributed by atoms with Gasteiger partial charge in [0.1, 0.15) is 5.60 Å². The molecule has 0 aliphatic heterocycles. The molecule has 3 atom stereocenters. The number of hydrogen-bond donors (Lipinski definition) is 1. The van der Waals surface area contributed by atoms with Gasteiger partial charge in [-0.05, 0) is 31.1 Å². The number of methoxy groups -OCH3 is 1. The van der Waals surface area contributed by atoms with Crippen LogP contribution in [0.5, 0.6) is 0 Å². The van der Waals surface area contributed by atoms with E-state index in [0.29, 0.717) is 17.6 Å². The molecule has 2 N–H and O–H groups in total. The molecule has 2 unspecified atom stereocenters. The standard InChI is InChI=1S/C14H25N3O2/c1-9(2)11(15)12-16-13(17-19-12)14(18-4)7-5-6-10(3)8-14/h9-11H,5-8,15H2,1-4H3/t10?,11-,14?/m0/s1. The normalized spacial score (nSPS) is 29.7. The predicted molar refractivity (Wildman–Crippen MR) is 72.4 cm³/mol. The maximum absolute atomic E-state index is 6.06. The van der Waals surface area contributed by atoms with E-state index >= 15 is 0 Å². The van der Waals surface area contributed by atoms with Crippen molar-refractivity contribution >= 4 is 0 Å².